The zero-order valence-electron chi connectivity index (χ0n) is 23.2. The van der Waals surface area contributed by atoms with E-state index in [1.165, 1.54) is 43.5 Å². The van der Waals surface area contributed by atoms with Crippen LogP contribution in [-0.2, 0) is 19.6 Å². The van der Waals surface area contributed by atoms with Gasteiger partial charge in [-0.1, -0.05) is 55.1 Å². The summed E-state index contributed by atoms with van der Waals surface area (Å²) < 4.78 is 45.6. The van der Waals surface area contributed by atoms with E-state index in [-0.39, 0.29) is 24.0 Å². The zero-order valence-corrected chi connectivity index (χ0v) is 24.8. The lowest BCUT2D eigenvalue weighted by Crippen LogP contribution is -2.52. The van der Waals surface area contributed by atoms with Gasteiger partial charge in [0.25, 0.3) is 0 Å². The number of sulfonamides is 1. The van der Waals surface area contributed by atoms with E-state index < -0.39 is 22.0 Å². The summed E-state index contributed by atoms with van der Waals surface area (Å²) in [5.41, 5.74) is 2.06. The first-order chi connectivity index (χ1) is 19.8. The second kappa shape index (κ2) is 13.3. The molecule has 5 rings (SSSR count). The Morgan fingerprint density at radius 2 is 1.46 bits per heavy atom. The predicted octanol–water partition coefficient (Wildman–Crippen LogP) is 6.74. The number of benzene rings is 3. The first-order valence-corrected chi connectivity index (χ1v) is 16.0. The summed E-state index contributed by atoms with van der Waals surface area (Å²) >= 11 is 5.99. The van der Waals surface area contributed by atoms with E-state index in [0.29, 0.717) is 35.5 Å². The van der Waals surface area contributed by atoms with Gasteiger partial charge in [0.2, 0.25) is 10.0 Å². The van der Waals surface area contributed by atoms with E-state index in [4.69, 9.17) is 25.8 Å². The number of halogens is 1. The van der Waals surface area contributed by atoms with Crippen LogP contribution in [0.2, 0.25) is 5.02 Å². The summed E-state index contributed by atoms with van der Waals surface area (Å²) in [5.74, 6) is 1.25. The number of rotatable bonds is 9. The van der Waals surface area contributed by atoms with Crippen molar-refractivity contribution in [2.24, 2.45) is 5.92 Å². The second-order valence-electron chi connectivity index (χ2n) is 10.7. The van der Waals surface area contributed by atoms with Gasteiger partial charge in [-0.25, -0.2) is 8.42 Å². The van der Waals surface area contributed by atoms with Gasteiger partial charge >= 0.3 is 5.97 Å². The fraction of sp³-hybridized carbons (Fsp3) is 0.406. The summed E-state index contributed by atoms with van der Waals surface area (Å²) in [6.07, 6.45) is 6.41. The molecule has 0 N–H and O–H groups in total. The Morgan fingerprint density at radius 1 is 0.854 bits per heavy atom. The highest BCUT2D eigenvalue weighted by Gasteiger charge is 2.42. The van der Waals surface area contributed by atoms with E-state index in [9.17, 15) is 13.2 Å². The lowest BCUT2D eigenvalue weighted by atomic mass is 9.90. The molecule has 41 heavy (non-hydrogen) atoms. The van der Waals surface area contributed by atoms with Crippen LogP contribution in [0, 0.1) is 5.92 Å². The van der Waals surface area contributed by atoms with Crippen molar-refractivity contribution in [3.8, 4) is 22.6 Å². The molecular weight excluding hydrogens is 562 g/mol. The smallest absolute Gasteiger partial charge is 0.324 e. The van der Waals surface area contributed by atoms with Crippen LogP contribution in [0.4, 0.5) is 0 Å². The van der Waals surface area contributed by atoms with Crippen LogP contribution in [0.5, 0.6) is 11.5 Å². The van der Waals surface area contributed by atoms with Gasteiger partial charge in [0.05, 0.1) is 18.6 Å². The van der Waals surface area contributed by atoms with Gasteiger partial charge in [-0.15, -0.1) is 0 Å². The van der Waals surface area contributed by atoms with Gasteiger partial charge in [0, 0.05) is 18.0 Å². The number of ether oxygens (including phenoxy) is 3. The number of methoxy groups -OCH3 is 1. The summed E-state index contributed by atoms with van der Waals surface area (Å²) in [5, 5.41) is 0.679. The van der Waals surface area contributed by atoms with Crippen molar-refractivity contribution < 1.29 is 27.4 Å². The molecule has 3 aromatic rings. The van der Waals surface area contributed by atoms with Crippen LogP contribution in [0.15, 0.2) is 77.7 Å². The first kappa shape index (κ1) is 29.4. The van der Waals surface area contributed by atoms with E-state index in [1.54, 1.807) is 24.3 Å². The average molecular weight is 598 g/mol. The van der Waals surface area contributed by atoms with Crippen LogP contribution in [0.25, 0.3) is 11.1 Å². The topological polar surface area (TPSA) is 82.1 Å². The third kappa shape index (κ3) is 7.23. The molecule has 1 aliphatic carbocycles. The fourth-order valence-electron chi connectivity index (χ4n) is 5.63. The Morgan fingerprint density at radius 3 is 2.10 bits per heavy atom. The molecular formula is C32H36ClNO6S. The number of carbonyl (C=O) groups excluding carboxylic acids is 1. The maximum Gasteiger partial charge on any atom is 0.324 e. The Hall–Kier alpha value is -3.07. The molecule has 0 unspecified atom stereocenters. The molecule has 9 heteroatoms. The van der Waals surface area contributed by atoms with Gasteiger partial charge in [-0.05, 0) is 84.8 Å². The van der Waals surface area contributed by atoms with E-state index in [2.05, 4.69) is 0 Å². The molecule has 218 valence electrons. The Kier molecular flexibility index (Phi) is 9.53. The van der Waals surface area contributed by atoms with Gasteiger partial charge in [-0.3, -0.25) is 4.79 Å². The van der Waals surface area contributed by atoms with Gasteiger partial charge < -0.3 is 14.2 Å². The molecule has 0 radical (unpaired) electrons. The van der Waals surface area contributed by atoms with Crippen LogP contribution in [0.1, 0.15) is 44.9 Å². The van der Waals surface area contributed by atoms with Crippen LogP contribution < -0.4 is 9.47 Å². The van der Waals surface area contributed by atoms with Crippen LogP contribution >= 0.6 is 11.6 Å². The molecule has 0 aromatic heterocycles. The van der Waals surface area contributed by atoms with Crippen molar-refractivity contribution in [3.05, 3.63) is 77.8 Å². The summed E-state index contributed by atoms with van der Waals surface area (Å²) in [7, 11) is -2.67. The normalized spacial score (nSPS) is 20.3. The first-order valence-electron chi connectivity index (χ1n) is 14.2. The Bertz CT molecular complexity index is 1400. The highest BCUT2D eigenvalue weighted by Crippen LogP contribution is 2.31. The molecule has 2 aliphatic rings. The van der Waals surface area contributed by atoms with Crippen molar-refractivity contribution >= 4 is 27.6 Å². The minimum Gasteiger partial charge on any atom is -0.493 e. The fourth-order valence-corrected chi connectivity index (χ4v) is 7.36. The molecule has 1 saturated heterocycles. The number of hydrogen-bond donors (Lipinski definition) is 0. The lowest BCUT2D eigenvalue weighted by Gasteiger charge is -2.36. The number of piperidine rings is 1. The maximum absolute atomic E-state index is 13.6. The van der Waals surface area contributed by atoms with E-state index in [0.717, 1.165) is 11.1 Å². The van der Waals surface area contributed by atoms with Crippen LogP contribution in [0.3, 0.4) is 0 Å². The van der Waals surface area contributed by atoms with Crippen molar-refractivity contribution in [1.82, 2.24) is 4.31 Å². The molecule has 0 amide bonds. The largest absolute Gasteiger partial charge is 0.493 e. The second-order valence-corrected chi connectivity index (χ2v) is 13.1. The van der Waals surface area contributed by atoms with Gasteiger partial charge in [0.15, 0.2) is 0 Å². The molecule has 3 aromatic carbocycles. The molecule has 1 saturated carbocycles. The SMILES string of the molecule is COC(=O)[C@@H]1C[C@@H](Oc2ccc(-c3ccc(Cl)cc3)cc2)CCN1S(=O)(=O)c1ccc(OCC2CCCCC2)cc1. The minimum absolute atomic E-state index is 0.119. The summed E-state index contributed by atoms with van der Waals surface area (Å²) in [4.78, 5) is 12.9. The molecule has 0 spiro atoms. The Labute approximate surface area is 247 Å². The van der Waals surface area contributed by atoms with Crippen molar-refractivity contribution in [3.63, 3.8) is 0 Å². The standard InChI is InChI=1S/C32H36ClNO6S/c1-38-32(35)31-21-29(40-28-13-9-25(10-14-28)24-7-11-26(33)12-8-24)19-20-34(31)41(36,37)30-17-15-27(16-18-30)39-22-23-5-3-2-4-6-23/h7-18,23,29,31H,2-6,19-22H2,1H3/t29-,31-/m0/s1. The van der Waals surface area contributed by atoms with Gasteiger partial charge in [0.1, 0.15) is 23.6 Å². The van der Waals surface area contributed by atoms with Crippen molar-refractivity contribution in [1.29, 1.82) is 0 Å². The third-order valence-corrected chi connectivity index (χ3v) is 10.1. The van der Waals surface area contributed by atoms with Crippen LogP contribution in [-0.4, -0.2) is 51.1 Å². The number of nitrogens with zero attached hydrogens (tertiary/aromatic N) is 1. The molecule has 2 atom stereocenters. The zero-order chi connectivity index (χ0) is 28.8. The average Bonchev–Trinajstić information content (AvgIpc) is 3.01. The quantitative estimate of drug-likeness (QED) is 0.254. The number of esters is 1. The highest BCUT2D eigenvalue weighted by molar-refractivity contribution is 7.89. The van der Waals surface area contributed by atoms with Crippen molar-refractivity contribution in [2.45, 2.75) is 62.0 Å². The lowest BCUT2D eigenvalue weighted by molar-refractivity contribution is -0.147. The monoisotopic (exact) mass is 597 g/mol. The molecule has 2 fully saturated rings. The Balaban J connectivity index is 1.23. The number of hydrogen-bond acceptors (Lipinski definition) is 6. The van der Waals surface area contributed by atoms with Crippen molar-refractivity contribution in [2.75, 3.05) is 20.3 Å². The molecule has 1 heterocycles. The predicted molar refractivity (Wildman–Crippen MR) is 159 cm³/mol. The minimum atomic E-state index is -3.94. The van der Waals surface area contributed by atoms with E-state index >= 15 is 0 Å². The molecule has 1 aliphatic heterocycles. The third-order valence-electron chi connectivity index (χ3n) is 7.95. The molecule has 0 bridgehead atoms. The summed E-state index contributed by atoms with van der Waals surface area (Å²) in [6.45, 7) is 0.781. The highest BCUT2D eigenvalue weighted by atomic mass is 35.5. The number of carbonyl (C=O) groups is 1. The van der Waals surface area contributed by atoms with E-state index in [1.807, 2.05) is 48.5 Å². The maximum atomic E-state index is 13.6. The molecule has 7 nitrogen and oxygen atoms in total. The van der Waals surface area contributed by atoms with Gasteiger partial charge in [-0.2, -0.15) is 4.31 Å². The summed E-state index contributed by atoms with van der Waals surface area (Å²) in [6, 6.07) is 20.7.